The Morgan fingerprint density at radius 2 is 2.11 bits per heavy atom. The minimum absolute atomic E-state index is 0.0500. The van der Waals surface area contributed by atoms with Gasteiger partial charge in [-0.2, -0.15) is 0 Å². The molecule has 0 saturated carbocycles. The van der Waals surface area contributed by atoms with E-state index in [0.29, 0.717) is 19.0 Å². The van der Waals surface area contributed by atoms with Crippen molar-refractivity contribution in [2.24, 2.45) is 11.8 Å². The van der Waals surface area contributed by atoms with Crippen LogP contribution < -0.4 is 5.32 Å². The van der Waals surface area contributed by atoms with E-state index in [1.807, 2.05) is 6.92 Å². The van der Waals surface area contributed by atoms with Crippen LogP contribution in [-0.2, 0) is 14.3 Å². The maximum Gasteiger partial charge on any atom is 0.329 e. The van der Waals surface area contributed by atoms with Crippen LogP contribution in [0.25, 0.3) is 0 Å². The van der Waals surface area contributed by atoms with Gasteiger partial charge in [-0.25, -0.2) is 4.79 Å². The van der Waals surface area contributed by atoms with Crippen molar-refractivity contribution in [2.75, 3.05) is 32.8 Å². The summed E-state index contributed by atoms with van der Waals surface area (Å²) in [6.45, 7) is 6.21. The highest BCUT2D eigenvalue weighted by molar-refractivity contribution is 5.81. The fourth-order valence-corrected chi connectivity index (χ4v) is 2.62. The zero-order valence-corrected chi connectivity index (χ0v) is 10.8. The summed E-state index contributed by atoms with van der Waals surface area (Å²) in [6, 6.07) is 0. The van der Waals surface area contributed by atoms with E-state index in [9.17, 15) is 9.59 Å². The Labute approximate surface area is 106 Å². The molecule has 0 aromatic heterocycles. The monoisotopic (exact) mass is 256 g/mol. The largest absolute Gasteiger partial charge is 0.480 e. The third kappa shape index (κ3) is 2.64. The number of carboxylic acids is 1. The van der Waals surface area contributed by atoms with E-state index in [1.54, 1.807) is 4.90 Å². The fraction of sp³-hybridized carbons (Fsp3) is 0.833. The van der Waals surface area contributed by atoms with Gasteiger partial charge in [0.2, 0.25) is 5.91 Å². The molecule has 0 aromatic rings. The van der Waals surface area contributed by atoms with Crippen LogP contribution in [0.4, 0.5) is 0 Å². The van der Waals surface area contributed by atoms with Gasteiger partial charge in [0.25, 0.3) is 0 Å². The number of carboxylic acid groups (broad SMARTS) is 1. The summed E-state index contributed by atoms with van der Waals surface area (Å²) in [6.07, 6.45) is 0. The van der Waals surface area contributed by atoms with Gasteiger partial charge in [0.1, 0.15) is 12.2 Å². The van der Waals surface area contributed by atoms with E-state index >= 15 is 0 Å². The number of carbonyl (C=O) groups excluding carboxylic acids is 1. The quantitative estimate of drug-likeness (QED) is 0.712. The Balaban J connectivity index is 1.81. The van der Waals surface area contributed by atoms with Gasteiger partial charge in [0, 0.05) is 6.54 Å². The van der Waals surface area contributed by atoms with Gasteiger partial charge in [-0.3, -0.25) is 4.79 Å². The summed E-state index contributed by atoms with van der Waals surface area (Å²) in [7, 11) is 0. The van der Waals surface area contributed by atoms with Crippen molar-refractivity contribution in [1.82, 2.24) is 10.2 Å². The standard InChI is InChI=1S/C12H20N2O4/c1-8-3-13-4-9(8)11(17)14-6-12(2,7-14)18-5-10(15)16/h8-9,13H,3-7H2,1-2H3,(H,15,16)/t8-,9-/m1/s1. The van der Waals surface area contributed by atoms with Crippen LogP contribution in [0.5, 0.6) is 0 Å². The van der Waals surface area contributed by atoms with Crippen LogP contribution in [0.3, 0.4) is 0 Å². The van der Waals surface area contributed by atoms with Crippen LogP contribution in [0, 0.1) is 11.8 Å². The highest BCUT2D eigenvalue weighted by atomic mass is 16.5. The van der Waals surface area contributed by atoms with E-state index in [1.165, 1.54) is 0 Å². The molecule has 2 atom stereocenters. The molecule has 1 amide bonds. The van der Waals surface area contributed by atoms with Crippen molar-refractivity contribution in [3.05, 3.63) is 0 Å². The summed E-state index contributed by atoms with van der Waals surface area (Å²) in [5, 5.41) is 11.8. The van der Waals surface area contributed by atoms with Crippen molar-refractivity contribution in [2.45, 2.75) is 19.4 Å². The summed E-state index contributed by atoms with van der Waals surface area (Å²) in [4.78, 5) is 24.4. The zero-order valence-electron chi connectivity index (χ0n) is 10.8. The maximum absolute atomic E-state index is 12.2. The molecule has 2 N–H and O–H groups in total. The molecule has 2 aliphatic heterocycles. The van der Waals surface area contributed by atoms with Crippen LogP contribution in [0.15, 0.2) is 0 Å². The molecule has 2 fully saturated rings. The number of nitrogens with zero attached hydrogens (tertiary/aromatic N) is 1. The zero-order chi connectivity index (χ0) is 13.3. The smallest absolute Gasteiger partial charge is 0.329 e. The first-order valence-corrected chi connectivity index (χ1v) is 6.26. The average Bonchev–Trinajstić information content (AvgIpc) is 2.68. The number of rotatable bonds is 4. The number of hydrogen-bond acceptors (Lipinski definition) is 4. The molecular formula is C12H20N2O4. The summed E-state index contributed by atoms with van der Waals surface area (Å²) < 4.78 is 5.29. The predicted molar refractivity (Wildman–Crippen MR) is 64.1 cm³/mol. The summed E-state index contributed by atoms with van der Waals surface area (Å²) in [5.74, 6) is -0.406. The van der Waals surface area contributed by atoms with Crippen molar-refractivity contribution in [1.29, 1.82) is 0 Å². The lowest BCUT2D eigenvalue weighted by Crippen LogP contribution is -2.64. The van der Waals surface area contributed by atoms with Crippen molar-refractivity contribution in [3.63, 3.8) is 0 Å². The Hall–Kier alpha value is -1.14. The first kappa shape index (κ1) is 13.3. The number of hydrogen-bond donors (Lipinski definition) is 2. The lowest BCUT2D eigenvalue weighted by molar-refractivity contribution is -0.175. The molecule has 102 valence electrons. The second-order valence-electron chi connectivity index (χ2n) is 5.57. The van der Waals surface area contributed by atoms with E-state index in [0.717, 1.165) is 13.1 Å². The first-order valence-electron chi connectivity index (χ1n) is 6.26. The van der Waals surface area contributed by atoms with Gasteiger partial charge >= 0.3 is 5.97 Å². The molecule has 0 radical (unpaired) electrons. The van der Waals surface area contributed by atoms with Crippen LogP contribution in [0.1, 0.15) is 13.8 Å². The molecule has 6 heteroatoms. The second kappa shape index (κ2) is 4.85. The third-order valence-corrected chi connectivity index (χ3v) is 3.74. The van der Waals surface area contributed by atoms with Gasteiger partial charge in [-0.1, -0.05) is 6.92 Å². The molecule has 0 aliphatic carbocycles. The van der Waals surface area contributed by atoms with Crippen molar-refractivity contribution in [3.8, 4) is 0 Å². The SMILES string of the molecule is C[C@@H]1CNC[C@H]1C(=O)N1CC(C)(OCC(=O)O)C1. The van der Waals surface area contributed by atoms with Crippen LogP contribution in [0.2, 0.25) is 0 Å². The van der Waals surface area contributed by atoms with E-state index in [-0.39, 0.29) is 18.4 Å². The van der Waals surface area contributed by atoms with Crippen molar-refractivity contribution < 1.29 is 19.4 Å². The Kier molecular flexibility index (Phi) is 3.59. The summed E-state index contributed by atoms with van der Waals surface area (Å²) >= 11 is 0. The van der Waals surface area contributed by atoms with Gasteiger partial charge in [-0.05, 0) is 19.4 Å². The molecule has 2 aliphatic rings. The fourth-order valence-electron chi connectivity index (χ4n) is 2.62. The normalized spacial score (nSPS) is 30.0. The number of nitrogens with one attached hydrogen (secondary N) is 1. The third-order valence-electron chi connectivity index (χ3n) is 3.74. The maximum atomic E-state index is 12.2. The minimum atomic E-state index is -0.977. The van der Waals surface area contributed by atoms with Crippen LogP contribution in [-0.4, -0.2) is 60.3 Å². The molecule has 2 heterocycles. The first-order chi connectivity index (χ1) is 8.41. The molecule has 2 saturated heterocycles. The molecule has 0 aromatic carbocycles. The predicted octanol–water partition coefficient (Wildman–Crippen LogP) is -0.456. The molecule has 2 rings (SSSR count). The molecule has 18 heavy (non-hydrogen) atoms. The van der Waals surface area contributed by atoms with E-state index in [2.05, 4.69) is 12.2 Å². The van der Waals surface area contributed by atoms with Gasteiger partial charge in [-0.15, -0.1) is 0 Å². The Morgan fingerprint density at radius 1 is 1.44 bits per heavy atom. The number of ether oxygens (including phenoxy) is 1. The second-order valence-corrected chi connectivity index (χ2v) is 5.57. The highest BCUT2D eigenvalue weighted by Crippen LogP contribution is 2.28. The minimum Gasteiger partial charge on any atom is -0.480 e. The molecule has 6 nitrogen and oxygen atoms in total. The number of aliphatic carboxylic acids is 1. The lowest BCUT2D eigenvalue weighted by Gasteiger charge is -2.48. The average molecular weight is 256 g/mol. The number of amides is 1. The molecule has 0 spiro atoms. The Morgan fingerprint density at radius 3 is 2.61 bits per heavy atom. The molecular weight excluding hydrogens is 236 g/mol. The Bertz CT molecular complexity index is 352. The van der Waals surface area contributed by atoms with Gasteiger partial charge in [0.15, 0.2) is 0 Å². The topological polar surface area (TPSA) is 78.9 Å². The molecule has 0 bridgehead atoms. The summed E-state index contributed by atoms with van der Waals surface area (Å²) in [5.41, 5.74) is -0.497. The lowest BCUT2D eigenvalue weighted by atomic mass is 9.90. The van der Waals surface area contributed by atoms with Gasteiger partial charge < -0.3 is 20.1 Å². The van der Waals surface area contributed by atoms with E-state index < -0.39 is 11.6 Å². The van der Waals surface area contributed by atoms with Crippen LogP contribution >= 0.6 is 0 Å². The van der Waals surface area contributed by atoms with Gasteiger partial charge in [0.05, 0.1) is 19.0 Å². The number of likely N-dealkylation sites (tertiary alicyclic amines) is 1. The number of carbonyl (C=O) groups is 2. The van der Waals surface area contributed by atoms with E-state index in [4.69, 9.17) is 9.84 Å². The highest BCUT2D eigenvalue weighted by Gasteiger charge is 2.45. The molecule has 0 unspecified atom stereocenters. The van der Waals surface area contributed by atoms with Crippen molar-refractivity contribution >= 4 is 11.9 Å².